The molecule has 112 valence electrons. The molecule has 0 aromatic rings. The highest BCUT2D eigenvalue weighted by Crippen LogP contribution is 2.38. The Bertz CT molecular complexity index is 274. The summed E-state index contributed by atoms with van der Waals surface area (Å²) in [7, 11) is 0. The van der Waals surface area contributed by atoms with Crippen LogP contribution in [0.3, 0.4) is 0 Å². The summed E-state index contributed by atoms with van der Waals surface area (Å²) in [5.41, 5.74) is 0. The predicted octanol–water partition coefficient (Wildman–Crippen LogP) is 4.34. The smallest absolute Gasteiger partial charge is 0.225 e. The van der Waals surface area contributed by atoms with Gasteiger partial charge in [-0.15, -0.1) is 0 Å². The minimum atomic E-state index is 0.278. The maximum absolute atomic E-state index is 12.8. The third-order valence-electron chi connectivity index (χ3n) is 4.81. The molecular weight excluding hydrogens is 234 g/mol. The van der Waals surface area contributed by atoms with E-state index in [2.05, 4.69) is 39.5 Å². The molecule has 0 aromatic carbocycles. The molecule has 19 heavy (non-hydrogen) atoms. The predicted molar refractivity (Wildman–Crippen MR) is 82.0 cm³/mol. The molecule has 0 spiro atoms. The maximum Gasteiger partial charge on any atom is 0.225 e. The van der Waals surface area contributed by atoms with E-state index in [9.17, 15) is 4.79 Å². The van der Waals surface area contributed by atoms with Gasteiger partial charge in [0, 0.05) is 19.0 Å². The minimum Gasteiger partial charge on any atom is -0.343 e. The summed E-state index contributed by atoms with van der Waals surface area (Å²) < 4.78 is 0. The summed E-state index contributed by atoms with van der Waals surface area (Å²) in [5, 5.41) is 0. The summed E-state index contributed by atoms with van der Waals surface area (Å²) in [4.78, 5) is 14.9. The number of hydrogen-bond acceptors (Lipinski definition) is 1. The van der Waals surface area contributed by atoms with E-state index in [4.69, 9.17) is 0 Å². The standard InChI is InChI=1S/C17H33NO/c1-6-8-11-18(7-2)17(19)16-12-14(5)9-10-15(16)13(3)4/h13-16H,6-12H2,1-5H3. The number of nitrogens with zero attached hydrogens (tertiary/aromatic N) is 1. The van der Waals surface area contributed by atoms with Crippen molar-refractivity contribution in [3.63, 3.8) is 0 Å². The average molecular weight is 267 g/mol. The molecule has 0 bridgehead atoms. The van der Waals surface area contributed by atoms with Crippen LogP contribution in [-0.2, 0) is 4.79 Å². The molecule has 0 saturated heterocycles. The van der Waals surface area contributed by atoms with Gasteiger partial charge in [-0.3, -0.25) is 4.79 Å². The molecule has 1 aliphatic rings. The zero-order valence-electron chi connectivity index (χ0n) is 13.6. The van der Waals surface area contributed by atoms with Gasteiger partial charge in [0.1, 0.15) is 0 Å². The van der Waals surface area contributed by atoms with Gasteiger partial charge in [-0.05, 0) is 43.9 Å². The molecule has 0 aliphatic heterocycles. The number of hydrogen-bond donors (Lipinski definition) is 0. The fraction of sp³-hybridized carbons (Fsp3) is 0.941. The average Bonchev–Trinajstić information content (AvgIpc) is 2.38. The number of carbonyl (C=O) groups is 1. The van der Waals surface area contributed by atoms with Gasteiger partial charge in [0.2, 0.25) is 5.91 Å². The molecule has 3 unspecified atom stereocenters. The summed E-state index contributed by atoms with van der Waals surface area (Å²) in [6, 6.07) is 0. The summed E-state index contributed by atoms with van der Waals surface area (Å²) in [5.74, 6) is 2.65. The van der Waals surface area contributed by atoms with Crippen molar-refractivity contribution in [2.45, 2.75) is 66.7 Å². The Balaban J connectivity index is 2.73. The van der Waals surface area contributed by atoms with Crippen LogP contribution in [0.2, 0.25) is 0 Å². The van der Waals surface area contributed by atoms with E-state index < -0.39 is 0 Å². The van der Waals surface area contributed by atoms with E-state index in [1.54, 1.807) is 0 Å². The fourth-order valence-electron chi connectivity index (χ4n) is 3.49. The van der Waals surface area contributed by atoms with Gasteiger partial charge in [0.15, 0.2) is 0 Å². The molecule has 1 saturated carbocycles. The molecule has 1 aliphatic carbocycles. The monoisotopic (exact) mass is 267 g/mol. The van der Waals surface area contributed by atoms with Crippen LogP contribution in [0, 0.1) is 23.7 Å². The number of unbranched alkanes of at least 4 members (excludes halogenated alkanes) is 1. The van der Waals surface area contributed by atoms with Crippen LogP contribution in [0.4, 0.5) is 0 Å². The van der Waals surface area contributed by atoms with Gasteiger partial charge in [-0.1, -0.05) is 40.5 Å². The zero-order valence-corrected chi connectivity index (χ0v) is 13.6. The lowest BCUT2D eigenvalue weighted by atomic mass is 9.69. The van der Waals surface area contributed by atoms with E-state index in [-0.39, 0.29) is 5.92 Å². The van der Waals surface area contributed by atoms with Crippen LogP contribution in [0.15, 0.2) is 0 Å². The first kappa shape index (κ1) is 16.5. The second-order valence-electron chi connectivity index (χ2n) is 6.70. The van der Waals surface area contributed by atoms with Crippen LogP contribution in [0.25, 0.3) is 0 Å². The first-order valence-corrected chi connectivity index (χ1v) is 8.29. The van der Waals surface area contributed by atoms with Crippen molar-refractivity contribution in [2.24, 2.45) is 23.7 Å². The molecule has 0 aromatic heterocycles. The topological polar surface area (TPSA) is 20.3 Å². The molecule has 0 heterocycles. The van der Waals surface area contributed by atoms with Gasteiger partial charge < -0.3 is 4.90 Å². The Hall–Kier alpha value is -0.530. The Kier molecular flexibility index (Phi) is 6.88. The minimum absolute atomic E-state index is 0.278. The number of rotatable bonds is 6. The van der Waals surface area contributed by atoms with Crippen molar-refractivity contribution >= 4 is 5.91 Å². The van der Waals surface area contributed by atoms with Gasteiger partial charge in [0.25, 0.3) is 0 Å². The lowest BCUT2D eigenvalue weighted by Gasteiger charge is -2.39. The summed E-state index contributed by atoms with van der Waals surface area (Å²) in [6.07, 6.45) is 5.94. The van der Waals surface area contributed by atoms with Crippen molar-refractivity contribution in [1.29, 1.82) is 0 Å². The quantitative estimate of drug-likeness (QED) is 0.701. The lowest BCUT2D eigenvalue weighted by molar-refractivity contribution is -0.140. The molecule has 3 atom stereocenters. The first-order valence-electron chi connectivity index (χ1n) is 8.29. The third kappa shape index (κ3) is 4.50. The van der Waals surface area contributed by atoms with Crippen molar-refractivity contribution in [2.75, 3.05) is 13.1 Å². The van der Waals surface area contributed by atoms with E-state index in [0.717, 1.165) is 25.9 Å². The molecule has 1 amide bonds. The van der Waals surface area contributed by atoms with Crippen LogP contribution in [0.5, 0.6) is 0 Å². The molecule has 1 rings (SSSR count). The van der Waals surface area contributed by atoms with Gasteiger partial charge >= 0.3 is 0 Å². The highest BCUT2D eigenvalue weighted by Gasteiger charge is 2.36. The van der Waals surface area contributed by atoms with Gasteiger partial charge in [0.05, 0.1) is 0 Å². The number of carbonyl (C=O) groups excluding carboxylic acids is 1. The highest BCUT2D eigenvalue weighted by molar-refractivity contribution is 5.79. The molecule has 1 fully saturated rings. The van der Waals surface area contributed by atoms with Crippen LogP contribution in [-0.4, -0.2) is 23.9 Å². The van der Waals surface area contributed by atoms with Crippen molar-refractivity contribution in [1.82, 2.24) is 4.90 Å². The SMILES string of the molecule is CCCCN(CC)C(=O)C1CC(C)CCC1C(C)C. The van der Waals surface area contributed by atoms with Crippen molar-refractivity contribution in [3.8, 4) is 0 Å². The Morgan fingerprint density at radius 3 is 2.47 bits per heavy atom. The second kappa shape index (κ2) is 7.91. The Labute approximate surface area is 119 Å². The largest absolute Gasteiger partial charge is 0.343 e. The fourth-order valence-corrected chi connectivity index (χ4v) is 3.49. The summed E-state index contributed by atoms with van der Waals surface area (Å²) >= 11 is 0. The van der Waals surface area contributed by atoms with Crippen molar-refractivity contribution < 1.29 is 4.79 Å². The van der Waals surface area contributed by atoms with Gasteiger partial charge in [-0.2, -0.15) is 0 Å². The van der Waals surface area contributed by atoms with Crippen molar-refractivity contribution in [3.05, 3.63) is 0 Å². The Morgan fingerprint density at radius 1 is 1.26 bits per heavy atom. The van der Waals surface area contributed by atoms with E-state index in [1.807, 2.05) is 0 Å². The van der Waals surface area contributed by atoms with E-state index in [1.165, 1.54) is 19.3 Å². The molecule has 2 heteroatoms. The molecule has 0 N–H and O–H groups in total. The van der Waals surface area contributed by atoms with Crippen LogP contribution >= 0.6 is 0 Å². The zero-order chi connectivity index (χ0) is 14.4. The molecule has 0 radical (unpaired) electrons. The second-order valence-corrected chi connectivity index (χ2v) is 6.70. The van der Waals surface area contributed by atoms with Crippen LogP contribution < -0.4 is 0 Å². The maximum atomic E-state index is 12.8. The third-order valence-corrected chi connectivity index (χ3v) is 4.81. The van der Waals surface area contributed by atoms with E-state index in [0.29, 0.717) is 23.7 Å². The normalized spacial score (nSPS) is 27.6. The van der Waals surface area contributed by atoms with Crippen LogP contribution in [0.1, 0.15) is 66.7 Å². The highest BCUT2D eigenvalue weighted by atomic mass is 16.2. The van der Waals surface area contributed by atoms with Gasteiger partial charge in [-0.25, -0.2) is 0 Å². The molecule has 2 nitrogen and oxygen atoms in total. The number of amides is 1. The first-order chi connectivity index (χ1) is 9.01. The van der Waals surface area contributed by atoms with E-state index >= 15 is 0 Å². The molecular formula is C17H33NO. The lowest BCUT2D eigenvalue weighted by Crippen LogP contribution is -2.43. The summed E-state index contributed by atoms with van der Waals surface area (Å²) in [6.45, 7) is 13.0. The Morgan fingerprint density at radius 2 is 1.95 bits per heavy atom.